The van der Waals surface area contributed by atoms with Crippen molar-refractivity contribution >= 4 is 29.2 Å². The Morgan fingerprint density at radius 1 is 1.48 bits per heavy atom. The van der Waals surface area contributed by atoms with E-state index in [1.165, 1.54) is 0 Å². The molecule has 1 heterocycles. The maximum atomic E-state index is 10.7. The summed E-state index contributed by atoms with van der Waals surface area (Å²) in [4.78, 5) is 12.8. The van der Waals surface area contributed by atoms with Gasteiger partial charge in [0.15, 0.2) is 0 Å². The largest absolute Gasteiger partial charge is 0.491 e. The first-order chi connectivity index (χ1) is 10.0. The molecule has 0 amide bonds. The highest BCUT2D eigenvalue weighted by atomic mass is 35.5. The van der Waals surface area contributed by atoms with Gasteiger partial charge < -0.3 is 14.6 Å². The minimum Gasteiger partial charge on any atom is -0.491 e. The van der Waals surface area contributed by atoms with E-state index >= 15 is 0 Å². The van der Waals surface area contributed by atoms with E-state index < -0.39 is 5.97 Å². The van der Waals surface area contributed by atoms with E-state index in [0.717, 1.165) is 6.54 Å². The SMILES string of the molecule is O=C(O)CC1CN(CCOc2ccc(Cl)cc2Cl)CCO1. The summed E-state index contributed by atoms with van der Waals surface area (Å²) in [7, 11) is 0. The number of nitrogens with zero attached hydrogens (tertiary/aromatic N) is 1. The summed E-state index contributed by atoms with van der Waals surface area (Å²) in [5, 5.41) is 9.83. The van der Waals surface area contributed by atoms with Gasteiger partial charge in [-0.15, -0.1) is 0 Å². The lowest BCUT2D eigenvalue weighted by molar-refractivity contribution is -0.142. The van der Waals surface area contributed by atoms with Gasteiger partial charge >= 0.3 is 5.97 Å². The monoisotopic (exact) mass is 333 g/mol. The maximum Gasteiger partial charge on any atom is 0.306 e. The average Bonchev–Trinajstić information content (AvgIpc) is 2.41. The number of benzene rings is 1. The molecule has 1 unspecified atom stereocenters. The summed E-state index contributed by atoms with van der Waals surface area (Å²) in [5.74, 6) is -0.248. The van der Waals surface area contributed by atoms with Crippen LogP contribution >= 0.6 is 23.2 Å². The van der Waals surface area contributed by atoms with E-state index in [4.69, 9.17) is 37.8 Å². The molecule has 1 fully saturated rings. The highest BCUT2D eigenvalue weighted by Crippen LogP contribution is 2.27. The van der Waals surface area contributed by atoms with Crippen LogP contribution in [0.2, 0.25) is 10.0 Å². The number of morpholine rings is 1. The first-order valence-electron chi connectivity index (χ1n) is 6.68. The predicted octanol–water partition coefficient (Wildman–Crippen LogP) is 2.55. The second-order valence-electron chi connectivity index (χ2n) is 4.81. The summed E-state index contributed by atoms with van der Waals surface area (Å²) in [5.41, 5.74) is 0. The fraction of sp³-hybridized carbons (Fsp3) is 0.500. The highest BCUT2D eigenvalue weighted by Gasteiger charge is 2.22. The minimum absolute atomic E-state index is 0.0281. The molecular weight excluding hydrogens is 317 g/mol. The van der Waals surface area contributed by atoms with Crippen LogP contribution in [0.25, 0.3) is 0 Å². The number of hydrogen-bond acceptors (Lipinski definition) is 4. The number of carbonyl (C=O) groups is 1. The van der Waals surface area contributed by atoms with Crippen molar-refractivity contribution in [2.75, 3.05) is 32.8 Å². The lowest BCUT2D eigenvalue weighted by atomic mass is 10.2. The highest BCUT2D eigenvalue weighted by molar-refractivity contribution is 6.35. The fourth-order valence-electron chi connectivity index (χ4n) is 2.18. The molecule has 1 aliphatic heterocycles. The zero-order chi connectivity index (χ0) is 15.2. The van der Waals surface area contributed by atoms with Gasteiger partial charge in [0.05, 0.1) is 24.2 Å². The first-order valence-corrected chi connectivity index (χ1v) is 7.44. The number of carboxylic acid groups (broad SMARTS) is 1. The molecule has 5 nitrogen and oxygen atoms in total. The zero-order valence-electron chi connectivity index (χ0n) is 11.4. The van der Waals surface area contributed by atoms with Crippen LogP contribution in [0.5, 0.6) is 5.75 Å². The van der Waals surface area contributed by atoms with E-state index in [2.05, 4.69) is 4.90 Å². The quantitative estimate of drug-likeness (QED) is 0.866. The number of aliphatic carboxylic acids is 1. The minimum atomic E-state index is -0.842. The third-order valence-electron chi connectivity index (χ3n) is 3.18. The molecule has 0 saturated carbocycles. The van der Waals surface area contributed by atoms with E-state index in [9.17, 15) is 4.79 Å². The molecule has 116 valence electrons. The summed E-state index contributed by atoms with van der Waals surface area (Å²) < 4.78 is 11.0. The number of carboxylic acids is 1. The van der Waals surface area contributed by atoms with Crippen molar-refractivity contribution in [1.29, 1.82) is 0 Å². The van der Waals surface area contributed by atoms with Crippen molar-refractivity contribution in [3.05, 3.63) is 28.2 Å². The zero-order valence-corrected chi connectivity index (χ0v) is 12.9. The van der Waals surface area contributed by atoms with Gasteiger partial charge in [-0.1, -0.05) is 23.2 Å². The van der Waals surface area contributed by atoms with Gasteiger partial charge in [-0.05, 0) is 18.2 Å². The van der Waals surface area contributed by atoms with Crippen LogP contribution in [0.15, 0.2) is 18.2 Å². The van der Waals surface area contributed by atoms with Crippen molar-refractivity contribution in [3.8, 4) is 5.75 Å². The molecule has 0 aromatic heterocycles. The molecule has 1 saturated heterocycles. The van der Waals surface area contributed by atoms with Gasteiger partial charge in [0.2, 0.25) is 0 Å². The lowest BCUT2D eigenvalue weighted by Crippen LogP contribution is -2.44. The summed E-state index contributed by atoms with van der Waals surface area (Å²) >= 11 is 11.8. The van der Waals surface area contributed by atoms with Gasteiger partial charge in [0, 0.05) is 24.7 Å². The molecule has 0 aliphatic carbocycles. The lowest BCUT2D eigenvalue weighted by Gasteiger charge is -2.32. The molecule has 21 heavy (non-hydrogen) atoms. The Hall–Kier alpha value is -1.01. The van der Waals surface area contributed by atoms with Crippen LogP contribution in [0.3, 0.4) is 0 Å². The average molecular weight is 334 g/mol. The number of hydrogen-bond donors (Lipinski definition) is 1. The van der Waals surface area contributed by atoms with E-state index in [1.807, 2.05) is 0 Å². The molecule has 7 heteroatoms. The third-order valence-corrected chi connectivity index (χ3v) is 3.71. The number of halogens is 2. The molecule has 1 aromatic carbocycles. The molecule has 1 atom stereocenters. The summed E-state index contributed by atoms with van der Waals surface area (Å²) in [6.45, 7) is 3.08. The Morgan fingerprint density at radius 3 is 3.00 bits per heavy atom. The second-order valence-corrected chi connectivity index (χ2v) is 5.66. The van der Waals surface area contributed by atoms with Gasteiger partial charge in [0.25, 0.3) is 0 Å². The Morgan fingerprint density at radius 2 is 2.29 bits per heavy atom. The van der Waals surface area contributed by atoms with Gasteiger partial charge in [0.1, 0.15) is 12.4 Å². The van der Waals surface area contributed by atoms with Crippen molar-refractivity contribution in [2.45, 2.75) is 12.5 Å². The Kier molecular flexibility index (Phi) is 6.11. The molecule has 0 radical (unpaired) electrons. The van der Waals surface area contributed by atoms with E-state index in [1.54, 1.807) is 18.2 Å². The maximum absolute atomic E-state index is 10.7. The Bertz CT molecular complexity index is 498. The van der Waals surface area contributed by atoms with Crippen molar-refractivity contribution < 1.29 is 19.4 Å². The summed E-state index contributed by atoms with van der Waals surface area (Å²) in [6, 6.07) is 5.09. The molecule has 1 N–H and O–H groups in total. The smallest absolute Gasteiger partial charge is 0.306 e. The molecule has 0 spiro atoms. The van der Waals surface area contributed by atoms with Crippen LogP contribution in [0.4, 0.5) is 0 Å². The van der Waals surface area contributed by atoms with Crippen LogP contribution in [0, 0.1) is 0 Å². The second kappa shape index (κ2) is 7.84. The first kappa shape index (κ1) is 16.4. The summed E-state index contributed by atoms with van der Waals surface area (Å²) in [6.07, 6.45) is -0.226. The van der Waals surface area contributed by atoms with Crippen LogP contribution in [-0.2, 0) is 9.53 Å². The predicted molar refractivity (Wildman–Crippen MR) is 80.4 cm³/mol. The molecule has 1 aromatic rings. The van der Waals surface area contributed by atoms with Crippen molar-refractivity contribution in [2.24, 2.45) is 0 Å². The Balaban J connectivity index is 1.76. The van der Waals surface area contributed by atoms with E-state index in [0.29, 0.717) is 42.1 Å². The number of ether oxygens (including phenoxy) is 2. The van der Waals surface area contributed by atoms with Crippen molar-refractivity contribution in [3.63, 3.8) is 0 Å². The van der Waals surface area contributed by atoms with Crippen molar-refractivity contribution in [1.82, 2.24) is 4.90 Å². The topological polar surface area (TPSA) is 59.0 Å². The van der Waals surface area contributed by atoms with Gasteiger partial charge in [-0.2, -0.15) is 0 Å². The third kappa shape index (κ3) is 5.36. The van der Waals surface area contributed by atoms with E-state index in [-0.39, 0.29) is 12.5 Å². The normalized spacial score (nSPS) is 19.4. The van der Waals surface area contributed by atoms with Gasteiger partial charge in [-0.25, -0.2) is 0 Å². The van der Waals surface area contributed by atoms with Crippen LogP contribution in [-0.4, -0.2) is 54.9 Å². The molecule has 0 bridgehead atoms. The van der Waals surface area contributed by atoms with Gasteiger partial charge in [-0.3, -0.25) is 9.69 Å². The molecular formula is C14H17Cl2NO4. The number of rotatable bonds is 6. The molecule has 2 rings (SSSR count). The molecule has 1 aliphatic rings. The fourth-order valence-corrected chi connectivity index (χ4v) is 2.64. The Labute approximate surface area is 133 Å². The standard InChI is InChI=1S/C14H17Cl2NO4/c15-10-1-2-13(12(16)7-10)21-6-4-17-3-5-20-11(9-17)8-14(18)19/h1-2,7,11H,3-6,8-9H2,(H,18,19). The van der Waals surface area contributed by atoms with Crippen LogP contribution in [0.1, 0.15) is 6.42 Å². The van der Waals surface area contributed by atoms with Crippen LogP contribution < -0.4 is 4.74 Å².